The van der Waals surface area contributed by atoms with Gasteiger partial charge in [0, 0.05) is 6.20 Å². The van der Waals surface area contributed by atoms with Crippen LogP contribution in [0.1, 0.15) is 12.5 Å². The van der Waals surface area contributed by atoms with Crippen LogP contribution in [-0.2, 0) is 9.53 Å². The first-order valence-electron chi connectivity index (χ1n) is 7.11. The van der Waals surface area contributed by atoms with Crippen LogP contribution in [-0.4, -0.2) is 28.5 Å². The molecule has 3 aromatic rings. The lowest BCUT2D eigenvalue weighted by atomic mass is 10.3. The van der Waals surface area contributed by atoms with E-state index in [1.54, 1.807) is 19.3 Å². The number of anilines is 1. The summed E-state index contributed by atoms with van der Waals surface area (Å²) < 4.78 is 12.3. The van der Waals surface area contributed by atoms with Crippen LogP contribution < -0.4 is 5.32 Å². The molecule has 0 aliphatic heterocycles. The first-order chi connectivity index (χ1) is 10.7. The fraction of sp³-hybridized carbons (Fsp3) is 0.250. The summed E-state index contributed by atoms with van der Waals surface area (Å²) in [4.78, 5) is 16.2. The highest BCUT2D eigenvalue weighted by molar-refractivity contribution is 5.79. The zero-order valence-electron chi connectivity index (χ0n) is 12.5. The van der Waals surface area contributed by atoms with E-state index in [2.05, 4.69) is 10.3 Å². The molecular formula is C16H17N3O3. The van der Waals surface area contributed by atoms with Gasteiger partial charge in [0.15, 0.2) is 5.76 Å². The summed E-state index contributed by atoms with van der Waals surface area (Å²) in [5.74, 6) is 1.05. The maximum Gasteiger partial charge on any atom is 0.325 e. The van der Waals surface area contributed by atoms with Gasteiger partial charge < -0.3 is 14.5 Å². The molecule has 22 heavy (non-hydrogen) atoms. The number of nitrogens with zero attached hydrogens (tertiary/aromatic N) is 2. The second kappa shape index (κ2) is 5.93. The Kier molecular flexibility index (Phi) is 3.82. The predicted molar refractivity (Wildman–Crippen MR) is 82.8 cm³/mol. The van der Waals surface area contributed by atoms with Gasteiger partial charge in [-0.2, -0.15) is 0 Å². The third-order valence-electron chi connectivity index (χ3n) is 3.31. The third kappa shape index (κ3) is 2.55. The first-order valence-corrected chi connectivity index (χ1v) is 7.11. The molecule has 6 nitrogen and oxygen atoms in total. The maximum atomic E-state index is 11.6. The average molecular weight is 299 g/mol. The zero-order chi connectivity index (χ0) is 15.5. The second-order valence-corrected chi connectivity index (χ2v) is 4.83. The quantitative estimate of drug-likeness (QED) is 0.734. The molecule has 3 aromatic heterocycles. The number of aryl methyl sites for hydroxylation is 1. The molecule has 0 aliphatic rings. The average Bonchev–Trinajstić information content (AvgIpc) is 3.13. The summed E-state index contributed by atoms with van der Waals surface area (Å²) >= 11 is 0. The van der Waals surface area contributed by atoms with Gasteiger partial charge in [-0.05, 0) is 37.6 Å². The molecule has 0 spiro atoms. The Morgan fingerprint density at radius 1 is 1.41 bits per heavy atom. The minimum absolute atomic E-state index is 0.0727. The van der Waals surface area contributed by atoms with Gasteiger partial charge in [0.2, 0.25) is 0 Å². The number of carbonyl (C=O) groups excluding carboxylic acids is 1. The van der Waals surface area contributed by atoms with E-state index in [-0.39, 0.29) is 12.5 Å². The van der Waals surface area contributed by atoms with E-state index < -0.39 is 0 Å². The summed E-state index contributed by atoms with van der Waals surface area (Å²) in [5.41, 5.74) is 2.53. The highest BCUT2D eigenvalue weighted by Gasteiger charge is 2.17. The van der Waals surface area contributed by atoms with E-state index in [1.807, 2.05) is 35.7 Å². The number of nitrogens with one attached hydrogen (secondary N) is 1. The normalized spacial score (nSPS) is 10.8. The summed E-state index contributed by atoms with van der Waals surface area (Å²) in [6.45, 7) is 4.20. The Balaban J connectivity index is 2.03. The summed E-state index contributed by atoms with van der Waals surface area (Å²) in [5, 5.41) is 3.10. The number of carbonyl (C=O) groups is 1. The van der Waals surface area contributed by atoms with E-state index in [0.29, 0.717) is 23.9 Å². The Morgan fingerprint density at radius 2 is 2.27 bits per heavy atom. The van der Waals surface area contributed by atoms with Crippen LogP contribution in [0.25, 0.3) is 17.1 Å². The molecule has 0 saturated carbocycles. The second-order valence-electron chi connectivity index (χ2n) is 4.83. The molecular weight excluding hydrogens is 282 g/mol. The minimum atomic E-state index is -0.310. The molecule has 0 bridgehead atoms. The van der Waals surface area contributed by atoms with Gasteiger partial charge in [-0.25, -0.2) is 4.98 Å². The van der Waals surface area contributed by atoms with Crippen molar-refractivity contribution in [2.45, 2.75) is 13.8 Å². The van der Waals surface area contributed by atoms with Gasteiger partial charge in [-0.1, -0.05) is 6.07 Å². The SMILES string of the molecule is CCOC(=O)CNc1c(-c2ccco2)nc2c(C)cccn12. The molecule has 0 saturated heterocycles. The number of ether oxygens (including phenoxy) is 1. The Labute approximate surface area is 127 Å². The largest absolute Gasteiger partial charge is 0.465 e. The molecule has 0 radical (unpaired) electrons. The molecule has 1 N–H and O–H groups in total. The molecule has 0 amide bonds. The Bertz CT molecular complexity index is 790. The lowest BCUT2D eigenvalue weighted by Crippen LogP contribution is -2.17. The van der Waals surface area contributed by atoms with Crippen LogP contribution in [0.4, 0.5) is 5.82 Å². The molecule has 0 unspecified atom stereocenters. The van der Waals surface area contributed by atoms with Crippen LogP contribution in [0.5, 0.6) is 0 Å². The number of hydrogen-bond acceptors (Lipinski definition) is 5. The van der Waals surface area contributed by atoms with Gasteiger partial charge in [0.1, 0.15) is 23.7 Å². The lowest BCUT2D eigenvalue weighted by molar-refractivity contribution is -0.140. The summed E-state index contributed by atoms with van der Waals surface area (Å²) in [7, 11) is 0. The van der Waals surface area contributed by atoms with Crippen molar-refractivity contribution in [2.75, 3.05) is 18.5 Å². The topological polar surface area (TPSA) is 68.8 Å². The van der Waals surface area contributed by atoms with E-state index in [0.717, 1.165) is 11.2 Å². The van der Waals surface area contributed by atoms with E-state index >= 15 is 0 Å². The maximum absolute atomic E-state index is 11.6. The molecule has 0 atom stereocenters. The number of fused-ring (bicyclic) bond motifs is 1. The minimum Gasteiger partial charge on any atom is -0.465 e. The van der Waals surface area contributed by atoms with Crippen molar-refractivity contribution in [2.24, 2.45) is 0 Å². The van der Waals surface area contributed by atoms with Crippen molar-refractivity contribution in [3.8, 4) is 11.5 Å². The van der Waals surface area contributed by atoms with Crippen LogP contribution in [0.3, 0.4) is 0 Å². The number of hydrogen-bond donors (Lipinski definition) is 1. The van der Waals surface area contributed by atoms with Crippen molar-refractivity contribution in [3.05, 3.63) is 42.3 Å². The van der Waals surface area contributed by atoms with Gasteiger partial charge in [0.25, 0.3) is 0 Å². The summed E-state index contributed by atoms with van der Waals surface area (Å²) in [6.07, 6.45) is 3.50. The molecule has 6 heteroatoms. The van der Waals surface area contributed by atoms with E-state index in [1.165, 1.54) is 0 Å². The number of aromatic nitrogens is 2. The van der Waals surface area contributed by atoms with Crippen molar-refractivity contribution in [1.29, 1.82) is 0 Å². The van der Waals surface area contributed by atoms with Crippen LogP contribution in [0.2, 0.25) is 0 Å². The Morgan fingerprint density at radius 3 is 3.00 bits per heavy atom. The lowest BCUT2D eigenvalue weighted by Gasteiger charge is -2.07. The molecule has 0 aromatic carbocycles. The third-order valence-corrected chi connectivity index (χ3v) is 3.31. The fourth-order valence-electron chi connectivity index (χ4n) is 2.33. The molecule has 0 aliphatic carbocycles. The van der Waals surface area contributed by atoms with E-state index in [9.17, 15) is 4.79 Å². The first kappa shape index (κ1) is 14.2. The highest BCUT2D eigenvalue weighted by atomic mass is 16.5. The number of esters is 1. The van der Waals surface area contributed by atoms with Crippen LogP contribution in [0.15, 0.2) is 41.1 Å². The van der Waals surface area contributed by atoms with Gasteiger partial charge in [-0.15, -0.1) is 0 Å². The van der Waals surface area contributed by atoms with Gasteiger partial charge >= 0.3 is 5.97 Å². The van der Waals surface area contributed by atoms with Crippen molar-refractivity contribution < 1.29 is 13.9 Å². The fourth-order valence-corrected chi connectivity index (χ4v) is 2.33. The summed E-state index contributed by atoms with van der Waals surface area (Å²) in [6, 6.07) is 7.57. The number of imidazole rings is 1. The van der Waals surface area contributed by atoms with Gasteiger partial charge in [-0.3, -0.25) is 9.20 Å². The van der Waals surface area contributed by atoms with E-state index in [4.69, 9.17) is 9.15 Å². The van der Waals surface area contributed by atoms with Gasteiger partial charge in [0.05, 0.1) is 12.9 Å². The highest BCUT2D eigenvalue weighted by Crippen LogP contribution is 2.29. The zero-order valence-corrected chi connectivity index (χ0v) is 12.5. The standard InChI is InChI=1S/C16H17N3O3/c1-3-21-13(20)10-17-16-14(12-7-5-9-22-12)18-15-11(2)6-4-8-19(15)16/h4-9,17H,3,10H2,1-2H3. The Hall–Kier alpha value is -2.76. The molecule has 114 valence electrons. The van der Waals surface area contributed by atoms with Crippen molar-refractivity contribution >= 4 is 17.4 Å². The number of furan rings is 1. The number of pyridine rings is 1. The van der Waals surface area contributed by atoms with Crippen molar-refractivity contribution in [3.63, 3.8) is 0 Å². The monoisotopic (exact) mass is 299 g/mol. The smallest absolute Gasteiger partial charge is 0.325 e. The molecule has 3 heterocycles. The molecule has 3 rings (SSSR count). The van der Waals surface area contributed by atoms with Crippen LogP contribution in [0, 0.1) is 6.92 Å². The number of rotatable bonds is 5. The van der Waals surface area contributed by atoms with Crippen molar-refractivity contribution in [1.82, 2.24) is 9.38 Å². The molecule has 0 fully saturated rings. The predicted octanol–water partition coefficient (Wildman–Crippen LogP) is 2.88. The van der Waals surface area contributed by atoms with Crippen LogP contribution >= 0.6 is 0 Å².